The molecule has 26 heavy (non-hydrogen) atoms. The smallest absolute Gasteiger partial charge is 0.205 e. The summed E-state index contributed by atoms with van der Waals surface area (Å²) in [7, 11) is 0. The van der Waals surface area contributed by atoms with E-state index in [-0.39, 0.29) is 5.69 Å². The fourth-order valence-corrected chi connectivity index (χ4v) is 3.71. The van der Waals surface area contributed by atoms with Crippen molar-refractivity contribution in [3.63, 3.8) is 0 Å². The molecule has 0 saturated heterocycles. The number of benzene rings is 1. The van der Waals surface area contributed by atoms with Gasteiger partial charge < -0.3 is 5.73 Å². The summed E-state index contributed by atoms with van der Waals surface area (Å²) in [5.74, 6) is -0.212. The highest BCUT2D eigenvalue weighted by atomic mass is 32.2. The van der Waals surface area contributed by atoms with Crippen molar-refractivity contribution in [2.45, 2.75) is 18.9 Å². The van der Waals surface area contributed by atoms with E-state index in [1.807, 2.05) is 6.92 Å². The minimum absolute atomic E-state index is 0.116. The van der Waals surface area contributed by atoms with E-state index in [9.17, 15) is 8.78 Å². The Morgan fingerprint density at radius 2 is 2.19 bits per heavy atom. The molecule has 0 amide bonds. The molecule has 0 saturated carbocycles. The Bertz CT molecular complexity index is 932. The summed E-state index contributed by atoms with van der Waals surface area (Å²) in [5, 5.41) is 0.425. The number of amidine groups is 1. The van der Waals surface area contributed by atoms with E-state index >= 15 is 0 Å². The number of hydrogen-bond donors (Lipinski definition) is 1. The molecule has 1 aromatic carbocycles. The van der Waals surface area contributed by atoms with Crippen LogP contribution >= 0.6 is 11.8 Å². The van der Waals surface area contributed by atoms with E-state index in [2.05, 4.69) is 14.8 Å². The standard InChI is InChI=1S/C19H16F2N4S/c1-19(7-8-26-18(22)25-19)14-9-12(3-5-15(14)20)10-16(21)17-6-4-13(23-2)11-24-17/h3-6,9-11H,7-8H2,1H3,(H2,22,25)/b16-10-/t19-/m0/s1. The number of thioether (sulfide) groups is 1. The Hall–Kier alpha value is -2.72. The number of aliphatic imine (C=N–C) groups is 1. The molecule has 1 aromatic heterocycles. The van der Waals surface area contributed by atoms with Crippen LogP contribution in [-0.2, 0) is 5.54 Å². The van der Waals surface area contributed by atoms with Crippen molar-refractivity contribution in [1.82, 2.24) is 4.98 Å². The van der Waals surface area contributed by atoms with Gasteiger partial charge in [-0.3, -0.25) is 9.98 Å². The summed E-state index contributed by atoms with van der Waals surface area (Å²) in [4.78, 5) is 11.6. The van der Waals surface area contributed by atoms with Gasteiger partial charge in [-0.05, 0) is 43.2 Å². The summed E-state index contributed by atoms with van der Waals surface area (Å²) in [5.41, 5.74) is 6.38. The lowest BCUT2D eigenvalue weighted by Crippen LogP contribution is -2.29. The van der Waals surface area contributed by atoms with Gasteiger partial charge >= 0.3 is 0 Å². The van der Waals surface area contributed by atoms with Crippen LogP contribution in [0.25, 0.3) is 16.7 Å². The molecular weight excluding hydrogens is 354 g/mol. The first-order valence-corrected chi connectivity index (χ1v) is 8.89. The molecule has 0 spiro atoms. The molecule has 0 radical (unpaired) electrons. The van der Waals surface area contributed by atoms with Crippen molar-refractivity contribution in [3.8, 4) is 0 Å². The zero-order valence-corrected chi connectivity index (χ0v) is 14.9. The molecule has 2 heterocycles. The molecule has 0 aliphatic carbocycles. The molecule has 3 rings (SSSR count). The second-order valence-electron chi connectivity index (χ2n) is 6.07. The fourth-order valence-electron chi connectivity index (χ4n) is 2.74. The van der Waals surface area contributed by atoms with E-state index in [4.69, 9.17) is 12.3 Å². The summed E-state index contributed by atoms with van der Waals surface area (Å²) in [6, 6.07) is 7.34. The van der Waals surface area contributed by atoms with E-state index in [0.717, 1.165) is 5.75 Å². The fraction of sp³-hybridized carbons (Fsp3) is 0.211. The van der Waals surface area contributed by atoms with Gasteiger partial charge in [-0.2, -0.15) is 0 Å². The van der Waals surface area contributed by atoms with Crippen LogP contribution in [0, 0.1) is 12.4 Å². The number of aromatic nitrogens is 1. The first-order valence-electron chi connectivity index (χ1n) is 7.90. The zero-order chi connectivity index (χ0) is 18.7. The summed E-state index contributed by atoms with van der Waals surface area (Å²) in [6.45, 7) is 8.72. The van der Waals surface area contributed by atoms with Crippen molar-refractivity contribution in [2.24, 2.45) is 10.7 Å². The second-order valence-corrected chi connectivity index (χ2v) is 7.18. The Balaban J connectivity index is 1.96. The molecule has 2 N–H and O–H groups in total. The number of hydrogen-bond acceptors (Lipinski definition) is 4. The van der Waals surface area contributed by atoms with Crippen LogP contribution in [0.1, 0.15) is 30.2 Å². The van der Waals surface area contributed by atoms with E-state index in [1.54, 1.807) is 6.07 Å². The summed E-state index contributed by atoms with van der Waals surface area (Å²) in [6.07, 6.45) is 3.24. The molecule has 4 nitrogen and oxygen atoms in total. The number of rotatable bonds is 3. The lowest BCUT2D eigenvalue weighted by atomic mass is 9.88. The van der Waals surface area contributed by atoms with Gasteiger partial charge in [-0.15, -0.1) is 0 Å². The molecule has 2 aromatic rings. The lowest BCUT2D eigenvalue weighted by Gasteiger charge is -2.30. The highest BCUT2D eigenvalue weighted by Gasteiger charge is 2.32. The first-order chi connectivity index (χ1) is 12.4. The van der Waals surface area contributed by atoms with Gasteiger partial charge in [0.25, 0.3) is 0 Å². The molecule has 1 atom stereocenters. The minimum Gasteiger partial charge on any atom is -0.379 e. The van der Waals surface area contributed by atoms with Crippen LogP contribution < -0.4 is 5.73 Å². The van der Waals surface area contributed by atoms with Gasteiger partial charge in [0.05, 0.1) is 17.8 Å². The van der Waals surface area contributed by atoms with Gasteiger partial charge in [-0.1, -0.05) is 23.9 Å². The minimum atomic E-state index is -0.769. The van der Waals surface area contributed by atoms with E-state index < -0.39 is 17.2 Å². The van der Waals surface area contributed by atoms with Crippen LogP contribution in [0.15, 0.2) is 41.5 Å². The van der Waals surface area contributed by atoms with Crippen molar-refractivity contribution in [3.05, 3.63) is 70.6 Å². The summed E-state index contributed by atoms with van der Waals surface area (Å²) < 4.78 is 28.9. The van der Waals surface area contributed by atoms with Crippen LogP contribution in [0.5, 0.6) is 0 Å². The normalized spacial score (nSPS) is 20.4. The third kappa shape index (κ3) is 3.75. The first kappa shape index (κ1) is 18.1. The predicted molar refractivity (Wildman–Crippen MR) is 102 cm³/mol. The van der Waals surface area contributed by atoms with Gasteiger partial charge in [0, 0.05) is 17.5 Å². The number of pyridine rings is 1. The molecule has 0 unspecified atom stereocenters. The zero-order valence-electron chi connectivity index (χ0n) is 14.0. The SMILES string of the molecule is [C-]#[N+]c1ccc(/C(F)=C/c2ccc(F)c([C@]3(C)CCSC(N)=N3)c2)nc1. The van der Waals surface area contributed by atoms with Crippen molar-refractivity contribution in [2.75, 3.05) is 5.75 Å². The van der Waals surface area contributed by atoms with Gasteiger partial charge in [0.1, 0.15) is 11.6 Å². The Morgan fingerprint density at radius 3 is 2.85 bits per heavy atom. The molecule has 0 fully saturated rings. The highest BCUT2D eigenvalue weighted by Crippen LogP contribution is 2.37. The third-order valence-corrected chi connectivity index (χ3v) is 4.98. The maximum absolute atomic E-state index is 14.5. The van der Waals surface area contributed by atoms with Gasteiger partial charge in [-0.25, -0.2) is 13.6 Å². The molecule has 1 aliphatic heterocycles. The number of nitrogens with zero attached hydrogens (tertiary/aromatic N) is 3. The maximum atomic E-state index is 14.5. The maximum Gasteiger partial charge on any atom is 0.205 e. The van der Waals surface area contributed by atoms with E-state index in [0.29, 0.717) is 28.4 Å². The molecule has 0 bridgehead atoms. The Kier molecular flexibility index (Phi) is 5.05. The largest absolute Gasteiger partial charge is 0.379 e. The van der Waals surface area contributed by atoms with Crippen molar-refractivity contribution >= 4 is 34.5 Å². The monoisotopic (exact) mass is 370 g/mol. The van der Waals surface area contributed by atoms with Crippen LogP contribution in [0.2, 0.25) is 0 Å². The average Bonchev–Trinajstić information content (AvgIpc) is 2.63. The van der Waals surface area contributed by atoms with E-state index in [1.165, 1.54) is 48.3 Å². The molecule has 7 heteroatoms. The second kappa shape index (κ2) is 7.26. The van der Waals surface area contributed by atoms with Gasteiger partial charge in [0.2, 0.25) is 5.69 Å². The average molecular weight is 370 g/mol. The molecule has 132 valence electrons. The van der Waals surface area contributed by atoms with Crippen molar-refractivity contribution < 1.29 is 8.78 Å². The quantitative estimate of drug-likeness (QED) is 0.782. The van der Waals surface area contributed by atoms with Crippen LogP contribution in [-0.4, -0.2) is 15.9 Å². The predicted octanol–water partition coefficient (Wildman–Crippen LogP) is 4.91. The lowest BCUT2D eigenvalue weighted by molar-refractivity contribution is 0.450. The van der Waals surface area contributed by atoms with Crippen LogP contribution in [0.3, 0.4) is 0 Å². The Morgan fingerprint density at radius 1 is 1.38 bits per heavy atom. The third-order valence-electron chi connectivity index (χ3n) is 4.18. The number of nitrogens with two attached hydrogens (primary N) is 1. The molecule has 1 aliphatic rings. The highest BCUT2D eigenvalue weighted by molar-refractivity contribution is 8.13. The number of halogens is 2. The topological polar surface area (TPSA) is 55.6 Å². The summed E-state index contributed by atoms with van der Waals surface area (Å²) >= 11 is 1.44. The van der Waals surface area contributed by atoms with Crippen molar-refractivity contribution in [1.29, 1.82) is 0 Å². The van der Waals surface area contributed by atoms with Gasteiger partial charge in [0.15, 0.2) is 5.17 Å². The van der Waals surface area contributed by atoms with Crippen LogP contribution in [0.4, 0.5) is 14.5 Å². The Labute approximate surface area is 154 Å². The molecular formula is C19H16F2N4S.